The summed E-state index contributed by atoms with van der Waals surface area (Å²) in [4.78, 5) is 29.1. The summed E-state index contributed by atoms with van der Waals surface area (Å²) in [6, 6.07) is 14.5. The van der Waals surface area contributed by atoms with E-state index in [2.05, 4.69) is 25.6 Å². The van der Waals surface area contributed by atoms with Gasteiger partial charge in [0, 0.05) is 23.5 Å². The van der Waals surface area contributed by atoms with E-state index in [4.69, 9.17) is 9.47 Å². The third-order valence-electron chi connectivity index (χ3n) is 5.94. The van der Waals surface area contributed by atoms with Crippen molar-refractivity contribution >= 4 is 17.7 Å². The Morgan fingerprint density at radius 3 is 2.69 bits per heavy atom. The summed E-state index contributed by atoms with van der Waals surface area (Å²) in [5, 5.41) is 15.8. The molecule has 10 heteroatoms. The van der Waals surface area contributed by atoms with Crippen LogP contribution in [-0.4, -0.2) is 51.1 Å². The number of hydrogen-bond acceptors (Lipinski definition) is 8. The van der Waals surface area contributed by atoms with Gasteiger partial charge in [-0.1, -0.05) is 24.3 Å². The largest absolute Gasteiger partial charge is 0.497 e. The fourth-order valence-corrected chi connectivity index (χ4v) is 4.25. The van der Waals surface area contributed by atoms with Crippen molar-refractivity contribution in [2.45, 2.75) is 19.3 Å². The highest BCUT2D eigenvalue weighted by molar-refractivity contribution is 5.95. The van der Waals surface area contributed by atoms with Crippen LogP contribution in [0.3, 0.4) is 0 Å². The minimum absolute atomic E-state index is 0.155. The van der Waals surface area contributed by atoms with Crippen LogP contribution in [0.1, 0.15) is 39.5 Å². The molecule has 0 bridgehead atoms. The van der Waals surface area contributed by atoms with Crippen molar-refractivity contribution in [3.63, 3.8) is 0 Å². The molecular formula is C25H22N6O4. The van der Waals surface area contributed by atoms with Crippen molar-refractivity contribution in [2.24, 2.45) is 0 Å². The van der Waals surface area contributed by atoms with Crippen LogP contribution < -0.4 is 10.1 Å². The second kappa shape index (κ2) is 8.98. The summed E-state index contributed by atoms with van der Waals surface area (Å²) < 4.78 is 11.6. The molecule has 1 N–H and O–H groups in total. The lowest BCUT2D eigenvalue weighted by molar-refractivity contribution is -0.116. The minimum atomic E-state index is -0.414. The number of nitrogens with one attached hydrogen (secondary N) is 1. The lowest BCUT2D eigenvalue weighted by Crippen LogP contribution is -2.25. The number of carbonyl (C=O) groups is 2. The number of anilines is 1. The van der Waals surface area contributed by atoms with Gasteiger partial charge in [-0.3, -0.25) is 4.79 Å². The summed E-state index contributed by atoms with van der Waals surface area (Å²) in [5.41, 5.74) is 4.33. The predicted molar refractivity (Wildman–Crippen MR) is 127 cm³/mol. The number of amides is 1. The summed E-state index contributed by atoms with van der Waals surface area (Å²) in [5.74, 6) is 0.625. The third kappa shape index (κ3) is 4.10. The fraction of sp³-hybridized carbons (Fsp3) is 0.200. The Balaban J connectivity index is 1.56. The van der Waals surface area contributed by atoms with Crippen molar-refractivity contribution in [2.75, 3.05) is 19.5 Å². The van der Waals surface area contributed by atoms with Crippen LogP contribution in [0.2, 0.25) is 0 Å². The maximum atomic E-state index is 12.7. The predicted octanol–water partition coefficient (Wildman–Crippen LogP) is 3.30. The van der Waals surface area contributed by atoms with Gasteiger partial charge >= 0.3 is 5.97 Å². The van der Waals surface area contributed by atoms with E-state index in [1.54, 1.807) is 25.4 Å². The van der Waals surface area contributed by atoms with Gasteiger partial charge in [0.15, 0.2) is 0 Å². The van der Waals surface area contributed by atoms with Crippen LogP contribution in [0, 0.1) is 6.92 Å². The molecule has 0 radical (unpaired) electrons. The zero-order valence-corrected chi connectivity index (χ0v) is 19.3. The Kier molecular flexibility index (Phi) is 5.69. The molecule has 1 aliphatic rings. The number of carbonyl (C=O) groups excluding carboxylic acids is 2. The number of benzene rings is 2. The number of aryl methyl sites for hydroxylation is 1. The van der Waals surface area contributed by atoms with E-state index in [-0.39, 0.29) is 24.2 Å². The van der Waals surface area contributed by atoms with E-state index in [0.29, 0.717) is 22.8 Å². The zero-order chi connectivity index (χ0) is 24.5. The Morgan fingerprint density at radius 1 is 1.14 bits per heavy atom. The number of esters is 1. The van der Waals surface area contributed by atoms with E-state index in [0.717, 1.165) is 22.4 Å². The van der Waals surface area contributed by atoms with Gasteiger partial charge in [0.05, 0.1) is 37.4 Å². The van der Waals surface area contributed by atoms with Gasteiger partial charge < -0.3 is 14.8 Å². The number of ether oxygens (including phenoxy) is 2. The lowest BCUT2D eigenvalue weighted by atomic mass is 9.85. The van der Waals surface area contributed by atoms with E-state index in [1.165, 1.54) is 11.8 Å². The summed E-state index contributed by atoms with van der Waals surface area (Å²) in [6.45, 7) is 1.88. The molecule has 2 aromatic carbocycles. The smallest absolute Gasteiger partial charge is 0.337 e. The van der Waals surface area contributed by atoms with Crippen molar-refractivity contribution in [3.05, 3.63) is 77.1 Å². The van der Waals surface area contributed by atoms with Crippen LogP contribution in [0.4, 0.5) is 5.82 Å². The van der Waals surface area contributed by atoms with Gasteiger partial charge in [0.1, 0.15) is 11.6 Å². The third-order valence-corrected chi connectivity index (χ3v) is 5.94. The van der Waals surface area contributed by atoms with E-state index < -0.39 is 5.97 Å². The molecule has 0 fully saturated rings. The van der Waals surface area contributed by atoms with Crippen molar-refractivity contribution in [1.29, 1.82) is 0 Å². The fourth-order valence-electron chi connectivity index (χ4n) is 4.25. The molecule has 1 aliphatic heterocycles. The number of hydrogen-bond donors (Lipinski definition) is 1. The first-order valence-corrected chi connectivity index (χ1v) is 10.9. The first-order valence-electron chi connectivity index (χ1n) is 10.9. The zero-order valence-electron chi connectivity index (χ0n) is 19.3. The van der Waals surface area contributed by atoms with Gasteiger partial charge in [-0.25, -0.2) is 9.78 Å². The van der Waals surface area contributed by atoms with E-state index in [1.807, 2.05) is 43.3 Å². The molecule has 1 atom stereocenters. The molecule has 5 rings (SSSR count). The molecule has 1 unspecified atom stereocenters. The van der Waals surface area contributed by atoms with Crippen LogP contribution in [0.25, 0.3) is 17.2 Å². The normalized spacial score (nSPS) is 14.7. The molecule has 0 spiro atoms. The Morgan fingerprint density at radius 2 is 1.94 bits per heavy atom. The van der Waals surface area contributed by atoms with Crippen LogP contribution >= 0.6 is 0 Å². The van der Waals surface area contributed by atoms with Gasteiger partial charge in [-0.05, 0) is 36.8 Å². The van der Waals surface area contributed by atoms with Crippen molar-refractivity contribution < 1.29 is 19.1 Å². The topological polar surface area (TPSA) is 121 Å². The Bertz CT molecular complexity index is 1430. The van der Waals surface area contributed by atoms with E-state index in [9.17, 15) is 9.59 Å². The summed E-state index contributed by atoms with van der Waals surface area (Å²) in [7, 11) is 2.94. The quantitative estimate of drug-likeness (QED) is 0.441. The highest BCUT2D eigenvalue weighted by Gasteiger charge is 2.33. The van der Waals surface area contributed by atoms with Gasteiger partial charge in [0.2, 0.25) is 5.91 Å². The van der Waals surface area contributed by atoms with E-state index >= 15 is 0 Å². The van der Waals surface area contributed by atoms with Gasteiger partial charge in [0.25, 0.3) is 5.95 Å². The van der Waals surface area contributed by atoms with Crippen LogP contribution in [-0.2, 0) is 9.53 Å². The second-order valence-corrected chi connectivity index (χ2v) is 8.05. The van der Waals surface area contributed by atoms with Crippen molar-refractivity contribution in [1.82, 2.24) is 25.0 Å². The maximum absolute atomic E-state index is 12.7. The Labute approximate surface area is 200 Å². The Hall–Kier alpha value is -4.60. The average molecular weight is 470 g/mol. The van der Waals surface area contributed by atoms with Gasteiger partial charge in [-0.2, -0.15) is 14.9 Å². The SMILES string of the molecule is COC(=O)c1ccc(C2CC(=O)Nc3c2c(C)nn3-c2nncc(-c3cccc(OC)c3)n2)cc1. The first-order chi connectivity index (χ1) is 17.0. The number of methoxy groups -OCH3 is 2. The molecule has 176 valence electrons. The molecule has 10 nitrogen and oxygen atoms in total. The molecular weight excluding hydrogens is 448 g/mol. The van der Waals surface area contributed by atoms with Crippen LogP contribution in [0.15, 0.2) is 54.7 Å². The second-order valence-electron chi connectivity index (χ2n) is 8.05. The summed E-state index contributed by atoms with van der Waals surface area (Å²) in [6.07, 6.45) is 1.81. The standard InChI is InChI=1S/C25H22N6O4/c1-14-22-19(15-7-9-16(10-8-15)24(33)35-3)12-21(32)28-23(22)31(30-14)25-27-20(13-26-29-25)17-5-4-6-18(11-17)34-2/h4-11,13,19H,12H2,1-3H3,(H,28,32). The van der Waals surface area contributed by atoms with Gasteiger partial charge in [-0.15, -0.1) is 5.10 Å². The minimum Gasteiger partial charge on any atom is -0.497 e. The average Bonchev–Trinajstić information content (AvgIpc) is 3.23. The number of rotatable bonds is 5. The molecule has 3 heterocycles. The molecule has 0 saturated carbocycles. The highest BCUT2D eigenvalue weighted by atomic mass is 16.5. The van der Waals surface area contributed by atoms with Crippen LogP contribution in [0.5, 0.6) is 5.75 Å². The van der Waals surface area contributed by atoms with Crippen molar-refractivity contribution in [3.8, 4) is 23.0 Å². The number of aromatic nitrogens is 5. The first kappa shape index (κ1) is 22.2. The molecule has 4 aromatic rings. The highest BCUT2D eigenvalue weighted by Crippen LogP contribution is 2.40. The number of nitrogens with zero attached hydrogens (tertiary/aromatic N) is 5. The molecule has 1 amide bonds. The molecule has 35 heavy (non-hydrogen) atoms. The molecule has 0 aliphatic carbocycles. The monoisotopic (exact) mass is 470 g/mol. The summed E-state index contributed by atoms with van der Waals surface area (Å²) >= 11 is 0. The molecule has 2 aromatic heterocycles. The lowest BCUT2D eigenvalue weighted by Gasteiger charge is -2.24. The molecule has 0 saturated heterocycles. The number of fused-ring (bicyclic) bond motifs is 1. The maximum Gasteiger partial charge on any atom is 0.337 e.